The van der Waals surface area contributed by atoms with Crippen molar-refractivity contribution in [1.82, 2.24) is 9.66 Å². The molecule has 0 unspecified atom stereocenters. The fraction of sp³-hybridized carbons (Fsp3) is 0.0833. The largest absolute Gasteiger partial charge is 0.484 e. The average Bonchev–Trinajstić information content (AvgIpc) is 2.79. The summed E-state index contributed by atoms with van der Waals surface area (Å²) in [5.41, 5.74) is 1.87. The van der Waals surface area contributed by atoms with Gasteiger partial charge in [-0.3, -0.25) is 9.59 Å². The number of rotatable bonds is 6. The number of fused-ring (bicyclic) bond motifs is 1. The molecule has 0 saturated heterocycles. The first-order valence-corrected chi connectivity index (χ1v) is 10.6. The van der Waals surface area contributed by atoms with Gasteiger partial charge in [-0.25, -0.2) is 4.98 Å². The molecule has 1 heterocycles. The number of anilines is 1. The molecule has 0 fully saturated rings. The van der Waals surface area contributed by atoms with Gasteiger partial charge in [-0.05, 0) is 67.1 Å². The van der Waals surface area contributed by atoms with Gasteiger partial charge in [0.2, 0.25) is 0 Å². The molecule has 4 rings (SSSR count). The third-order valence-corrected chi connectivity index (χ3v) is 5.09. The highest BCUT2D eigenvalue weighted by molar-refractivity contribution is 9.10. The molecule has 1 N–H and O–H groups in total. The van der Waals surface area contributed by atoms with Gasteiger partial charge in [0.15, 0.2) is 6.61 Å². The van der Waals surface area contributed by atoms with Crippen molar-refractivity contribution in [2.45, 2.75) is 6.92 Å². The van der Waals surface area contributed by atoms with Crippen LogP contribution in [0.5, 0.6) is 5.75 Å². The number of hydrogen-bond donors (Lipinski definition) is 1. The van der Waals surface area contributed by atoms with Gasteiger partial charge in [-0.1, -0.05) is 34.1 Å². The fourth-order valence-electron chi connectivity index (χ4n) is 3.04. The number of nitrogens with zero attached hydrogens (tertiary/aromatic N) is 3. The van der Waals surface area contributed by atoms with Crippen LogP contribution in [0.3, 0.4) is 0 Å². The van der Waals surface area contributed by atoms with E-state index < -0.39 is 0 Å². The van der Waals surface area contributed by atoms with Crippen molar-refractivity contribution in [3.05, 3.63) is 99.0 Å². The molecule has 32 heavy (non-hydrogen) atoms. The molecule has 0 aliphatic carbocycles. The number of aromatic nitrogens is 2. The summed E-state index contributed by atoms with van der Waals surface area (Å²) in [6, 6.07) is 21.6. The zero-order chi connectivity index (χ0) is 22.5. The minimum absolute atomic E-state index is 0.102. The maximum atomic E-state index is 12.8. The molecular weight excluding hydrogens is 472 g/mol. The Labute approximate surface area is 192 Å². The summed E-state index contributed by atoms with van der Waals surface area (Å²) in [6.07, 6.45) is 1.58. The van der Waals surface area contributed by atoms with Gasteiger partial charge in [-0.15, -0.1) is 0 Å². The number of aryl methyl sites for hydroxylation is 1. The number of carbonyl (C=O) groups excluding carboxylic acids is 1. The first-order valence-electron chi connectivity index (χ1n) is 9.80. The molecule has 1 amide bonds. The van der Waals surface area contributed by atoms with Crippen LogP contribution in [0.4, 0.5) is 5.69 Å². The van der Waals surface area contributed by atoms with Gasteiger partial charge in [-0.2, -0.15) is 9.78 Å². The summed E-state index contributed by atoms with van der Waals surface area (Å²) in [5.74, 6) is 0.800. The van der Waals surface area contributed by atoms with Crippen molar-refractivity contribution in [3.8, 4) is 5.75 Å². The van der Waals surface area contributed by atoms with E-state index >= 15 is 0 Å². The predicted octanol–water partition coefficient (Wildman–Crippen LogP) is 4.37. The summed E-state index contributed by atoms with van der Waals surface area (Å²) in [4.78, 5) is 29.2. The first kappa shape index (κ1) is 21.5. The molecule has 0 bridgehead atoms. The SMILES string of the molecule is Cc1nc2ccc(Br)cc2c(=O)n1N=Cc1ccc(OCC(=O)Nc2ccccc2)cc1. The van der Waals surface area contributed by atoms with Gasteiger partial charge in [0.25, 0.3) is 11.5 Å². The van der Waals surface area contributed by atoms with Crippen LogP contribution in [0, 0.1) is 6.92 Å². The molecule has 160 valence electrons. The Hall–Kier alpha value is -3.78. The quantitative estimate of drug-likeness (QED) is 0.406. The van der Waals surface area contributed by atoms with Crippen LogP contribution in [0.25, 0.3) is 10.9 Å². The predicted molar refractivity (Wildman–Crippen MR) is 128 cm³/mol. The molecular formula is C24H19BrN4O3. The monoisotopic (exact) mass is 490 g/mol. The van der Waals surface area contributed by atoms with Crippen molar-refractivity contribution in [2.75, 3.05) is 11.9 Å². The fourth-order valence-corrected chi connectivity index (χ4v) is 3.40. The number of ether oxygens (including phenoxy) is 1. The smallest absolute Gasteiger partial charge is 0.282 e. The minimum atomic E-state index is -0.243. The molecule has 0 atom stereocenters. The number of amides is 1. The lowest BCUT2D eigenvalue weighted by Gasteiger charge is -2.08. The Morgan fingerprint density at radius 2 is 1.88 bits per heavy atom. The van der Waals surface area contributed by atoms with Crippen LogP contribution in [-0.4, -0.2) is 28.4 Å². The number of halogens is 1. The summed E-state index contributed by atoms with van der Waals surface area (Å²) >= 11 is 3.38. The third kappa shape index (κ3) is 5.09. The molecule has 3 aromatic carbocycles. The van der Waals surface area contributed by atoms with Crippen molar-refractivity contribution in [3.63, 3.8) is 0 Å². The minimum Gasteiger partial charge on any atom is -0.484 e. The highest BCUT2D eigenvalue weighted by Crippen LogP contribution is 2.16. The average molecular weight is 491 g/mol. The molecule has 4 aromatic rings. The van der Waals surface area contributed by atoms with Crippen LogP contribution < -0.4 is 15.6 Å². The van der Waals surface area contributed by atoms with Crippen molar-refractivity contribution in [2.24, 2.45) is 5.10 Å². The standard InChI is InChI=1S/C24H19BrN4O3/c1-16-27-22-12-9-18(25)13-21(22)24(31)29(16)26-14-17-7-10-20(11-8-17)32-15-23(30)28-19-5-3-2-4-6-19/h2-14H,15H2,1H3,(H,28,30). The molecule has 0 aliphatic rings. The lowest BCUT2D eigenvalue weighted by molar-refractivity contribution is -0.118. The van der Waals surface area contributed by atoms with E-state index in [2.05, 4.69) is 31.3 Å². The van der Waals surface area contributed by atoms with Crippen LogP contribution in [0.2, 0.25) is 0 Å². The number of benzene rings is 3. The van der Waals surface area contributed by atoms with E-state index in [9.17, 15) is 9.59 Å². The van der Waals surface area contributed by atoms with Crippen LogP contribution in [0.1, 0.15) is 11.4 Å². The maximum Gasteiger partial charge on any atom is 0.282 e. The molecule has 8 heteroatoms. The van der Waals surface area contributed by atoms with E-state index in [0.717, 1.165) is 10.0 Å². The highest BCUT2D eigenvalue weighted by Gasteiger charge is 2.08. The molecule has 0 aliphatic heterocycles. The van der Waals surface area contributed by atoms with Crippen LogP contribution >= 0.6 is 15.9 Å². The number of carbonyl (C=O) groups is 1. The second-order valence-corrected chi connectivity index (χ2v) is 7.87. The number of hydrogen-bond acceptors (Lipinski definition) is 5. The van der Waals surface area contributed by atoms with Crippen molar-refractivity contribution < 1.29 is 9.53 Å². The molecule has 0 saturated carbocycles. The molecule has 0 spiro atoms. The normalized spacial score (nSPS) is 11.1. The Morgan fingerprint density at radius 3 is 2.62 bits per heavy atom. The first-order chi connectivity index (χ1) is 15.5. The van der Waals surface area contributed by atoms with Gasteiger partial charge in [0.1, 0.15) is 11.6 Å². The summed E-state index contributed by atoms with van der Waals surface area (Å²) in [5, 5.41) is 7.55. The van der Waals surface area contributed by atoms with E-state index in [-0.39, 0.29) is 18.1 Å². The van der Waals surface area contributed by atoms with Crippen molar-refractivity contribution in [1.29, 1.82) is 0 Å². The van der Waals surface area contributed by atoms with E-state index in [1.54, 1.807) is 49.5 Å². The molecule has 1 aromatic heterocycles. The topological polar surface area (TPSA) is 85.6 Å². The van der Waals surface area contributed by atoms with Crippen molar-refractivity contribution >= 4 is 44.6 Å². The van der Waals surface area contributed by atoms with Gasteiger partial charge >= 0.3 is 0 Å². The van der Waals surface area contributed by atoms with Crippen LogP contribution in [-0.2, 0) is 4.79 Å². The number of para-hydroxylation sites is 1. The Balaban J connectivity index is 1.42. The molecule has 0 radical (unpaired) electrons. The molecule has 7 nitrogen and oxygen atoms in total. The van der Waals surface area contributed by atoms with E-state index in [1.807, 2.05) is 36.4 Å². The number of nitrogens with one attached hydrogen (secondary N) is 1. The third-order valence-electron chi connectivity index (χ3n) is 4.60. The lowest BCUT2D eigenvalue weighted by atomic mass is 10.2. The van der Waals surface area contributed by atoms with Gasteiger partial charge in [0.05, 0.1) is 17.1 Å². The Kier molecular flexibility index (Phi) is 6.42. The van der Waals surface area contributed by atoms with E-state index in [0.29, 0.717) is 28.2 Å². The zero-order valence-electron chi connectivity index (χ0n) is 17.2. The second kappa shape index (κ2) is 9.57. The summed E-state index contributed by atoms with van der Waals surface area (Å²) < 4.78 is 7.60. The van der Waals surface area contributed by atoms with Crippen LogP contribution in [0.15, 0.2) is 87.2 Å². The Bertz CT molecular complexity index is 1350. The second-order valence-electron chi connectivity index (χ2n) is 6.95. The van der Waals surface area contributed by atoms with E-state index in [4.69, 9.17) is 4.74 Å². The van der Waals surface area contributed by atoms with E-state index in [1.165, 1.54) is 4.68 Å². The Morgan fingerprint density at radius 1 is 1.12 bits per heavy atom. The maximum absolute atomic E-state index is 12.8. The summed E-state index contributed by atoms with van der Waals surface area (Å²) in [7, 11) is 0. The van der Waals surface area contributed by atoms with Gasteiger partial charge in [0, 0.05) is 10.2 Å². The van der Waals surface area contributed by atoms with Gasteiger partial charge < -0.3 is 10.1 Å². The zero-order valence-corrected chi connectivity index (χ0v) is 18.7. The summed E-state index contributed by atoms with van der Waals surface area (Å²) in [6.45, 7) is 1.63. The highest BCUT2D eigenvalue weighted by atomic mass is 79.9. The lowest BCUT2D eigenvalue weighted by Crippen LogP contribution is -2.20.